The first-order valence-corrected chi connectivity index (χ1v) is 4.45. The number of pyridine rings is 1. The molecule has 2 aromatic rings. The normalized spacial score (nSPS) is 10.1. The zero-order valence-electron chi connectivity index (χ0n) is 8.35. The van der Waals surface area contributed by atoms with Gasteiger partial charge in [-0.3, -0.25) is 9.55 Å². The van der Waals surface area contributed by atoms with Crippen molar-refractivity contribution in [3.8, 4) is 5.69 Å². The molecule has 0 aromatic carbocycles. The van der Waals surface area contributed by atoms with Gasteiger partial charge in [0, 0.05) is 12.4 Å². The summed E-state index contributed by atoms with van der Waals surface area (Å²) in [6.07, 6.45) is 4.89. The van der Waals surface area contributed by atoms with Crippen LogP contribution >= 0.6 is 0 Å². The second-order valence-corrected chi connectivity index (χ2v) is 3.09. The summed E-state index contributed by atoms with van der Waals surface area (Å²) in [5.41, 5.74) is 0.216. The standard InChI is InChI=1S/C9H6N4O4/c14-9(15)6-3-10-2-1-7(6)12-4-8(11-5-12)13(16)17/h1-5H,(H,14,15). The summed E-state index contributed by atoms with van der Waals surface area (Å²) in [5.74, 6) is -1.51. The maximum atomic E-state index is 10.9. The average Bonchev–Trinajstić information content (AvgIpc) is 2.78. The number of aromatic carboxylic acids is 1. The Morgan fingerprint density at radius 1 is 1.53 bits per heavy atom. The lowest BCUT2D eigenvalue weighted by Gasteiger charge is -2.03. The van der Waals surface area contributed by atoms with E-state index in [1.807, 2.05) is 0 Å². The topological polar surface area (TPSA) is 111 Å². The van der Waals surface area contributed by atoms with E-state index in [0.717, 1.165) is 6.20 Å². The molecule has 0 saturated heterocycles. The first kappa shape index (κ1) is 10.7. The smallest absolute Gasteiger partial charge is 0.381 e. The Labute approximate surface area is 94.3 Å². The fourth-order valence-electron chi connectivity index (χ4n) is 1.32. The molecule has 0 fully saturated rings. The quantitative estimate of drug-likeness (QED) is 0.623. The first-order chi connectivity index (χ1) is 8.09. The van der Waals surface area contributed by atoms with Crippen LogP contribution in [-0.2, 0) is 0 Å². The van der Waals surface area contributed by atoms with Crippen LogP contribution in [0.4, 0.5) is 5.82 Å². The van der Waals surface area contributed by atoms with Gasteiger partial charge < -0.3 is 15.2 Å². The van der Waals surface area contributed by atoms with Crippen molar-refractivity contribution in [2.45, 2.75) is 0 Å². The number of aromatic nitrogens is 3. The molecule has 0 bridgehead atoms. The van der Waals surface area contributed by atoms with Gasteiger partial charge in [0.25, 0.3) is 0 Å². The van der Waals surface area contributed by atoms with Gasteiger partial charge in [-0.2, -0.15) is 0 Å². The SMILES string of the molecule is O=C(O)c1cnccc1-n1cnc([N+](=O)[O-])c1. The van der Waals surface area contributed by atoms with Crippen LogP contribution in [0.1, 0.15) is 10.4 Å². The summed E-state index contributed by atoms with van der Waals surface area (Å²) >= 11 is 0. The molecule has 2 rings (SSSR count). The van der Waals surface area contributed by atoms with Crippen molar-refractivity contribution >= 4 is 11.8 Å². The molecule has 0 aliphatic heterocycles. The summed E-state index contributed by atoms with van der Waals surface area (Å²) < 4.78 is 1.27. The first-order valence-electron chi connectivity index (χ1n) is 4.45. The van der Waals surface area contributed by atoms with Gasteiger partial charge in [0.05, 0.1) is 5.69 Å². The van der Waals surface area contributed by atoms with Crippen LogP contribution in [0, 0.1) is 10.1 Å². The van der Waals surface area contributed by atoms with Gasteiger partial charge in [-0.25, -0.2) is 4.79 Å². The molecule has 0 radical (unpaired) electrons. The predicted molar refractivity (Wildman–Crippen MR) is 55.0 cm³/mol. The molecule has 0 unspecified atom stereocenters. The van der Waals surface area contributed by atoms with Gasteiger partial charge in [0.2, 0.25) is 6.33 Å². The third-order valence-corrected chi connectivity index (χ3v) is 2.06. The van der Waals surface area contributed by atoms with Crippen LogP contribution in [0.25, 0.3) is 5.69 Å². The lowest BCUT2D eigenvalue weighted by molar-refractivity contribution is -0.389. The summed E-state index contributed by atoms with van der Waals surface area (Å²) in [4.78, 5) is 28.0. The zero-order valence-corrected chi connectivity index (χ0v) is 8.35. The number of hydrogen-bond donors (Lipinski definition) is 1. The second-order valence-electron chi connectivity index (χ2n) is 3.09. The molecule has 17 heavy (non-hydrogen) atoms. The Bertz CT molecular complexity index is 592. The minimum absolute atomic E-state index is 0.0557. The molecule has 0 aliphatic rings. The van der Waals surface area contributed by atoms with Crippen LogP contribution in [0.2, 0.25) is 0 Å². The van der Waals surface area contributed by atoms with Crippen molar-refractivity contribution in [1.29, 1.82) is 0 Å². The largest absolute Gasteiger partial charge is 0.478 e. The van der Waals surface area contributed by atoms with E-state index in [1.165, 1.54) is 29.4 Å². The highest BCUT2D eigenvalue weighted by Gasteiger charge is 2.16. The maximum Gasteiger partial charge on any atom is 0.381 e. The molecule has 2 aromatic heterocycles. The molecule has 0 spiro atoms. The third-order valence-electron chi connectivity index (χ3n) is 2.06. The van der Waals surface area contributed by atoms with Gasteiger partial charge in [0.15, 0.2) is 0 Å². The minimum atomic E-state index is -1.16. The number of nitrogens with zero attached hydrogens (tertiary/aromatic N) is 4. The number of carbonyl (C=O) groups is 1. The average molecular weight is 234 g/mol. The zero-order chi connectivity index (χ0) is 12.4. The van der Waals surface area contributed by atoms with Crippen molar-refractivity contribution in [3.63, 3.8) is 0 Å². The highest BCUT2D eigenvalue weighted by atomic mass is 16.6. The fourth-order valence-corrected chi connectivity index (χ4v) is 1.32. The van der Waals surface area contributed by atoms with Crippen molar-refractivity contribution < 1.29 is 14.8 Å². The number of rotatable bonds is 3. The minimum Gasteiger partial charge on any atom is -0.478 e. The number of carboxylic acid groups (broad SMARTS) is 1. The summed E-state index contributed by atoms with van der Waals surface area (Å²) in [6, 6.07) is 1.44. The molecule has 0 atom stereocenters. The van der Waals surface area contributed by atoms with Crippen LogP contribution in [0.5, 0.6) is 0 Å². The van der Waals surface area contributed by atoms with Gasteiger partial charge >= 0.3 is 11.8 Å². The Balaban J connectivity index is 2.52. The van der Waals surface area contributed by atoms with E-state index in [-0.39, 0.29) is 17.1 Å². The highest BCUT2D eigenvalue weighted by Crippen LogP contribution is 2.16. The number of carboxylic acids is 1. The Hall–Kier alpha value is -2.77. The molecule has 0 saturated carbocycles. The van der Waals surface area contributed by atoms with Gasteiger partial charge in [-0.15, -0.1) is 0 Å². The van der Waals surface area contributed by atoms with E-state index >= 15 is 0 Å². The van der Waals surface area contributed by atoms with Gasteiger partial charge in [-0.1, -0.05) is 0 Å². The van der Waals surface area contributed by atoms with E-state index in [4.69, 9.17) is 5.11 Å². The molecule has 2 heterocycles. The van der Waals surface area contributed by atoms with Crippen molar-refractivity contribution in [2.24, 2.45) is 0 Å². The summed E-state index contributed by atoms with van der Waals surface area (Å²) in [6.45, 7) is 0. The van der Waals surface area contributed by atoms with Crippen molar-refractivity contribution in [2.75, 3.05) is 0 Å². The Morgan fingerprint density at radius 2 is 2.29 bits per heavy atom. The van der Waals surface area contributed by atoms with Gasteiger partial charge in [-0.05, 0) is 16.0 Å². The molecule has 0 aliphatic carbocycles. The van der Waals surface area contributed by atoms with Crippen LogP contribution in [0.15, 0.2) is 31.0 Å². The molecule has 1 N–H and O–H groups in total. The lowest BCUT2D eigenvalue weighted by atomic mass is 10.2. The van der Waals surface area contributed by atoms with E-state index in [2.05, 4.69) is 9.97 Å². The second kappa shape index (κ2) is 4.00. The van der Waals surface area contributed by atoms with Crippen molar-refractivity contribution in [1.82, 2.24) is 14.5 Å². The number of nitro groups is 1. The highest BCUT2D eigenvalue weighted by molar-refractivity contribution is 5.91. The van der Waals surface area contributed by atoms with E-state index in [0.29, 0.717) is 0 Å². The molecule has 8 heteroatoms. The Morgan fingerprint density at radius 3 is 2.88 bits per heavy atom. The maximum absolute atomic E-state index is 10.9. The lowest BCUT2D eigenvalue weighted by Crippen LogP contribution is -2.04. The molecule has 86 valence electrons. The third kappa shape index (κ3) is 1.95. The van der Waals surface area contributed by atoms with Crippen LogP contribution < -0.4 is 0 Å². The summed E-state index contributed by atoms with van der Waals surface area (Å²) in [7, 11) is 0. The molecular weight excluding hydrogens is 228 g/mol. The number of imidazole rings is 1. The summed E-state index contributed by atoms with van der Waals surface area (Å²) in [5, 5.41) is 19.4. The van der Waals surface area contributed by atoms with E-state index in [9.17, 15) is 14.9 Å². The van der Waals surface area contributed by atoms with Crippen molar-refractivity contribution in [3.05, 3.63) is 46.7 Å². The molecule has 8 nitrogen and oxygen atoms in total. The van der Waals surface area contributed by atoms with E-state index in [1.54, 1.807) is 0 Å². The monoisotopic (exact) mass is 234 g/mol. The molecular formula is C9H6N4O4. The fraction of sp³-hybridized carbons (Fsp3) is 0. The van der Waals surface area contributed by atoms with Crippen LogP contribution in [-0.4, -0.2) is 30.5 Å². The van der Waals surface area contributed by atoms with Crippen LogP contribution in [0.3, 0.4) is 0 Å². The molecule has 0 amide bonds. The van der Waals surface area contributed by atoms with E-state index < -0.39 is 10.9 Å². The predicted octanol–water partition coefficient (Wildman–Crippen LogP) is 0.874. The number of hydrogen-bond acceptors (Lipinski definition) is 5. The van der Waals surface area contributed by atoms with Gasteiger partial charge in [0.1, 0.15) is 11.8 Å². The Kier molecular flexibility index (Phi) is 2.53.